The van der Waals surface area contributed by atoms with Crippen LogP contribution in [-0.2, 0) is 9.47 Å². The molecule has 190 valence electrons. The van der Waals surface area contributed by atoms with Crippen LogP contribution in [0.15, 0.2) is 48.5 Å². The predicted octanol–water partition coefficient (Wildman–Crippen LogP) is 5.85. The Labute approximate surface area is 205 Å². The highest BCUT2D eigenvalue weighted by Crippen LogP contribution is 2.13. The van der Waals surface area contributed by atoms with Crippen LogP contribution < -0.4 is 0 Å². The molecule has 8 nitrogen and oxygen atoms in total. The van der Waals surface area contributed by atoms with Crippen molar-refractivity contribution in [3.8, 4) is 0 Å². The van der Waals surface area contributed by atoms with Crippen LogP contribution in [0.25, 0.3) is 0 Å². The van der Waals surface area contributed by atoms with Gasteiger partial charge in [-0.05, 0) is 37.1 Å². The molecule has 35 heavy (non-hydrogen) atoms. The van der Waals surface area contributed by atoms with Gasteiger partial charge in [0.1, 0.15) is 0 Å². The number of esters is 2. The van der Waals surface area contributed by atoms with Crippen LogP contribution in [-0.4, -0.2) is 47.3 Å². The maximum absolute atomic E-state index is 12.1. The molecule has 0 saturated carbocycles. The molecule has 2 N–H and O–H groups in total. The first-order chi connectivity index (χ1) is 16.8. The van der Waals surface area contributed by atoms with E-state index in [1.54, 1.807) is 24.3 Å². The molecule has 0 aliphatic rings. The number of ether oxygens (including phenoxy) is 2. The zero-order chi connectivity index (χ0) is 26.1. The van der Waals surface area contributed by atoms with Crippen molar-refractivity contribution in [1.29, 1.82) is 0 Å². The number of hydrogen-bond acceptors (Lipinski definition) is 6. The smallest absolute Gasteiger partial charge is 0.339 e. The van der Waals surface area contributed by atoms with Gasteiger partial charge in [0.2, 0.25) is 0 Å². The minimum atomic E-state index is -1.23. The zero-order valence-electron chi connectivity index (χ0n) is 20.3. The van der Waals surface area contributed by atoms with E-state index in [2.05, 4.69) is 13.8 Å². The molecule has 0 heterocycles. The topological polar surface area (TPSA) is 127 Å². The van der Waals surface area contributed by atoms with Gasteiger partial charge in [0.25, 0.3) is 0 Å². The number of benzene rings is 2. The summed E-state index contributed by atoms with van der Waals surface area (Å²) < 4.78 is 10.5. The average molecular weight is 487 g/mol. The lowest BCUT2D eigenvalue weighted by molar-refractivity contribution is 0.0450. The number of aromatic carboxylic acids is 2. The summed E-state index contributed by atoms with van der Waals surface area (Å²) in [6.07, 6.45) is 7.10. The Kier molecular flexibility index (Phi) is 14.1. The van der Waals surface area contributed by atoms with Crippen molar-refractivity contribution in [1.82, 2.24) is 0 Å². The second-order valence-corrected chi connectivity index (χ2v) is 7.74. The van der Waals surface area contributed by atoms with Crippen LogP contribution in [0.2, 0.25) is 0 Å². The summed E-state index contributed by atoms with van der Waals surface area (Å²) in [5, 5.41) is 17.1. The summed E-state index contributed by atoms with van der Waals surface area (Å²) in [6.45, 7) is 4.99. The molecule has 0 bridgehead atoms. The van der Waals surface area contributed by atoms with Crippen molar-refractivity contribution >= 4 is 23.9 Å². The Morgan fingerprint density at radius 2 is 0.914 bits per heavy atom. The highest BCUT2D eigenvalue weighted by Gasteiger charge is 2.18. The number of hydrogen-bond donors (Lipinski definition) is 2. The Morgan fingerprint density at radius 1 is 0.571 bits per heavy atom. The molecule has 0 radical (unpaired) electrons. The summed E-state index contributed by atoms with van der Waals surface area (Å²) in [7, 11) is 0. The van der Waals surface area contributed by atoms with E-state index >= 15 is 0 Å². The first kappa shape index (κ1) is 29.4. The largest absolute Gasteiger partial charge is 0.478 e. The third kappa shape index (κ3) is 10.9. The van der Waals surface area contributed by atoms with Crippen LogP contribution in [0.4, 0.5) is 0 Å². The Balaban J connectivity index is 0.000000427. The Bertz CT molecular complexity index is 934. The van der Waals surface area contributed by atoms with Gasteiger partial charge < -0.3 is 19.7 Å². The van der Waals surface area contributed by atoms with Crippen molar-refractivity contribution < 1.29 is 38.9 Å². The number of carboxylic acids is 2. The van der Waals surface area contributed by atoms with Gasteiger partial charge in [0, 0.05) is 0 Å². The molecule has 8 heteroatoms. The standard InChI is InChI=1S/C19H28O4.C8H6O4/c1-3-5-7-11-15-23-19(21)17-13-9-8-12-16(17)18(20)22-14-10-6-4-2;9-7(10)5-3-1-2-4-6(5)8(11)12/h8-9,12-13H,3-7,10-11,14-15H2,1-2H3;1-4H,(H,9,10)(H,11,12). The Morgan fingerprint density at radius 3 is 1.29 bits per heavy atom. The summed E-state index contributed by atoms with van der Waals surface area (Å²) in [5.41, 5.74) is 0.182. The van der Waals surface area contributed by atoms with E-state index < -0.39 is 23.9 Å². The number of carboxylic acid groups (broad SMARTS) is 2. The maximum atomic E-state index is 12.1. The van der Waals surface area contributed by atoms with Crippen molar-refractivity contribution in [3.63, 3.8) is 0 Å². The molecule has 0 aliphatic carbocycles. The molecule has 0 unspecified atom stereocenters. The number of rotatable bonds is 13. The normalized spacial score (nSPS) is 10.0. The lowest BCUT2D eigenvalue weighted by Gasteiger charge is -2.09. The van der Waals surface area contributed by atoms with E-state index in [-0.39, 0.29) is 22.3 Å². The fourth-order valence-electron chi connectivity index (χ4n) is 3.06. The van der Waals surface area contributed by atoms with Crippen molar-refractivity contribution in [2.45, 2.75) is 58.8 Å². The van der Waals surface area contributed by atoms with Gasteiger partial charge in [-0.2, -0.15) is 0 Å². The number of carbonyl (C=O) groups excluding carboxylic acids is 2. The SMILES string of the molecule is CCCCCCOC(=O)c1ccccc1C(=O)OCCCCC.O=C(O)c1ccccc1C(=O)O. The van der Waals surface area contributed by atoms with E-state index in [9.17, 15) is 19.2 Å². The first-order valence-corrected chi connectivity index (χ1v) is 11.8. The first-order valence-electron chi connectivity index (χ1n) is 11.8. The monoisotopic (exact) mass is 486 g/mol. The molecular formula is C27H34O8. The fourth-order valence-corrected chi connectivity index (χ4v) is 3.06. The second kappa shape index (κ2) is 16.9. The lowest BCUT2D eigenvalue weighted by atomic mass is 10.1. The van der Waals surface area contributed by atoms with Crippen LogP contribution in [0.5, 0.6) is 0 Å². The van der Waals surface area contributed by atoms with Crippen molar-refractivity contribution in [2.75, 3.05) is 13.2 Å². The third-order valence-corrected chi connectivity index (χ3v) is 4.97. The van der Waals surface area contributed by atoms with E-state index in [1.807, 2.05) is 0 Å². The minimum Gasteiger partial charge on any atom is -0.478 e. The maximum Gasteiger partial charge on any atom is 0.339 e. The van der Waals surface area contributed by atoms with Gasteiger partial charge in [-0.15, -0.1) is 0 Å². The molecule has 0 saturated heterocycles. The highest BCUT2D eigenvalue weighted by atomic mass is 16.5. The summed E-state index contributed by atoms with van der Waals surface area (Å²) in [6, 6.07) is 12.1. The van der Waals surface area contributed by atoms with Gasteiger partial charge in [0.15, 0.2) is 0 Å². The molecule has 0 amide bonds. The van der Waals surface area contributed by atoms with Crippen molar-refractivity contribution in [2.24, 2.45) is 0 Å². The summed E-state index contributed by atoms with van der Waals surface area (Å²) in [4.78, 5) is 45.2. The lowest BCUT2D eigenvalue weighted by Crippen LogP contribution is -2.15. The molecular weight excluding hydrogens is 452 g/mol. The predicted molar refractivity (Wildman–Crippen MR) is 131 cm³/mol. The van der Waals surface area contributed by atoms with Crippen LogP contribution in [0.3, 0.4) is 0 Å². The Hall–Kier alpha value is -3.68. The molecule has 2 rings (SSSR count). The quantitative estimate of drug-likeness (QED) is 0.266. The van der Waals surface area contributed by atoms with Crippen LogP contribution >= 0.6 is 0 Å². The van der Waals surface area contributed by atoms with Gasteiger partial charge >= 0.3 is 23.9 Å². The molecule has 0 aliphatic heterocycles. The summed E-state index contributed by atoms with van der Waals surface area (Å²) >= 11 is 0. The van der Waals surface area contributed by atoms with Crippen molar-refractivity contribution in [3.05, 3.63) is 70.8 Å². The van der Waals surface area contributed by atoms with E-state index in [0.29, 0.717) is 13.2 Å². The molecule has 2 aromatic rings. The van der Waals surface area contributed by atoms with E-state index in [0.717, 1.165) is 44.9 Å². The fraction of sp³-hybridized carbons (Fsp3) is 0.407. The third-order valence-electron chi connectivity index (χ3n) is 4.97. The molecule has 0 fully saturated rings. The number of unbranched alkanes of at least 4 members (excludes halogenated alkanes) is 5. The summed E-state index contributed by atoms with van der Waals surface area (Å²) in [5.74, 6) is -3.37. The van der Waals surface area contributed by atoms with Gasteiger partial charge in [-0.1, -0.05) is 70.2 Å². The molecule has 0 spiro atoms. The molecule has 0 aromatic heterocycles. The zero-order valence-corrected chi connectivity index (χ0v) is 20.3. The van der Waals surface area contributed by atoms with E-state index in [1.165, 1.54) is 24.3 Å². The van der Waals surface area contributed by atoms with Gasteiger partial charge in [0.05, 0.1) is 35.5 Å². The highest BCUT2D eigenvalue weighted by molar-refractivity contribution is 6.03. The molecule has 0 atom stereocenters. The van der Waals surface area contributed by atoms with Gasteiger partial charge in [-0.25, -0.2) is 19.2 Å². The van der Waals surface area contributed by atoms with E-state index in [4.69, 9.17) is 19.7 Å². The van der Waals surface area contributed by atoms with Crippen LogP contribution in [0.1, 0.15) is 100 Å². The second-order valence-electron chi connectivity index (χ2n) is 7.74. The number of carbonyl (C=O) groups is 4. The van der Waals surface area contributed by atoms with Crippen LogP contribution in [0, 0.1) is 0 Å². The minimum absolute atomic E-state index is 0.190. The van der Waals surface area contributed by atoms with Gasteiger partial charge in [-0.3, -0.25) is 0 Å². The molecule has 2 aromatic carbocycles. The average Bonchev–Trinajstić information content (AvgIpc) is 2.86.